The van der Waals surface area contributed by atoms with Crippen molar-refractivity contribution >= 4 is 39.8 Å². The smallest absolute Gasteiger partial charge is 0.316 e. The van der Waals surface area contributed by atoms with Gasteiger partial charge in [0.25, 0.3) is 5.56 Å². The van der Waals surface area contributed by atoms with Gasteiger partial charge in [0.2, 0.25) is 0 Å². The Morgan fingerprint density at radius 2 is 1.71 bits per heavy atom. The molecule has 0 saturated carbocycles. The highest BCUT2D eigenvalue weighted by atomic mass is 35.5. The first kappa shape index (κ1) is 16.1. The summed E-state index contributed by atoms with van der Waals surface area (Å²) >= 11 is 6.13. The van der Waals surface area contributed by atoms with Crippen molar-refractivity contribution < 1.29 is 4.79 Å². The van der Waals surface area contributed by atoms with E-state index in [1.165, 1.54) is 4.57 Å². The van der Waals surface area contributed by atoms with E-state index >= 15 is 0 Å². The van der Waals surface area contributed by atoms with Crippen LogP contribution in [-0.4, -0.2) is 10.6 Å². The minimum Gasteiger partial charge on any atom is -0.316 e. The van der Waals surface area contributed by atoms with Crippen LogP contribution in [0.2, 0.25) is 5.02 Å². The van der Waals surface area contributed by atoms with Gasteiger partial charge >= 0.3 is 6.03 Å². The quantitative estimate of drug-likeness (QED) is 0.735. The number of nitrogens with one attached hydrogen (secondary N) is 2. The first-order chi connectivity index (χ1) is 11.5. The van der Waals surface area contributed by atoms with Gasteiger partial charge in [0.05, 0.1) is 16.4 Å². The van der Waals surface area contributed by atoms with Crippen LogP contribution in [0.15, 0.2) is 53.5 Å². The van der Waals surface area contributed by atoms with E-state index in [0.717, 1.165) is 5.56 Å². The van der Waals surface area contributed by atoms with Crippen LogP contribution in [0.5, 0.6) is 0 Å². The summed E-state index contributed by atoms with van der Waals surface area (Å²) in [4.78, 5) is 24.4. The number of urea groups is 1. The molecule has 1 heterocycles. The summed E-state index contributed by atoms with van der Waals surface area (Å²) in [6, 6.07) is 12.1. The Morgan fingerprint density at radius 1 is 1.04 bits per heavy atom. The van der Waals surface area contributed by atoms with Gasteiger partial charge in [-0.2, -0.15) is 0 Å². The van der Waals surface area contributed by atoms with E-state index in [4.69, 9.17) is 11.6 Å². The van der Waals surface area contributed by atoms with E-state index in [9.17, 15) is 9.59 Å². The fourth-order valence-electron chi connectivity index (χ4n) is 2.51. The van der Waals surface area contributed by atoms with Crippen LogP contribution in [0.1, 0.15) is 5.56 Å². The number of hydrogen-bond acceptors (Lipinski definition) is 2. The van der Waals surface area contributed by atoms with Crippen molar-refractivity contribution in [1.82, 2.24) is 4.57 Å². The van der Waals surface area contributed by atoms with Gasteiger partial charge in [0.1, 0.15) is 0 Å². The molecule has 0 saturated heterocycles. The highest BCUT2D eigenvalue weighted by molar-refractivity contribution is 6.33. The Morgan fingerprint density at radius 3 is 2.42 bits per heavy atom. The van der Waals surface area contributed by atoms with Crippen molar-refractivity contribution in [3.8, 4) is 0 Å². The third kappa shape index (κ3) is 3.12. The van der Waals surface area contributed by atoms with Gasteiger partial charge in [-0.3, -0.25) is 4.79 Å². The Hall–Kier alpha value is -2.79. The Kier molecular flexibility index (Phi) is 4.27. The maximum absolute atomic E-state index is 12.3. The Bertz CT molecular complexity index is 995. The number of aromatic nitrogens is 1. The normalized spacial score (nSPS) is 10.6. The molecular formula is C18H16ClN3O2. The molecule has 0 radical (unpaired) electrons. The zero-order chi connectivity index (χ0) is 17.3. The molecule has 0 aliphatic heterocycles. The van der Waals surface area contributed by atoms with Gasteiger partial charge in [-0.15, -0.1) is 0 Å². The largest absolute Gasteiger partial charge is 0.323 e. The first-order valence-electron chi connectivity index (χ1n) is 7.38. The number of anilines is 2. The summed E-state index contributed by atoms with van der Waals surface area (Å²) in [5.74, 6) is 0. The lowest BCUT2D eigenvalue weighted by Crippen LogP contribution is -2.23. The number of halogens is 1. The highest BCUT2D eigenvalue weighted by Gasteiger charge is 2.11. The molecule has 2 aromatic carbocycles. The molecule has 3 aromatic rings. The average molecular weight is 342 g/mol. The Balaban J connectivity index is 1.91. The van der Waals surface area contributed by atoms with Crippen molar-refractivity contribution in [3.63, 3.8) is 0 Å². The minimum atomic E-state index is -0.426. The molecule has 122 valence electrons. The highest BCUT2D eigenvalue weighted by Crippen LogP contribution is 2.24. The van der Waals surface area contributed by atoms with Gasteiger partial charge < -0.3 is 15.2 Å². The second-order valence-electron chi connectivity index (χ2n) is 5.57. The lowest BCUT2D eigenvalue weighted by molar-refractivity contribution is 0.262. The molecule has 0 aliphatic rings. The topological polar surface area (TPSA) is 63.1 Å². The molecule has 0 unspecified atom stereocenters. The molecule has 24 heavy (non-hydrogen) atoms. The number of aryl methyl sites for hydroxylation is 2. The number of amides is 2. The predicted molar refractivity (Wildman–Crippen MR) is 98.0 cm³/mol. The molecule has 5 nitrogen and oxygen atoms in total. The van der Waals surface area contributed by atoms with Crippen molar-refractivity contribution in [1.29, 1.82) is 0 Å². The zero-order valence-corrected chi connectivity index (χ0v) is 14.0. The van der Waals surface area contributed by atoms with Crippen molar-refractivity contribution in [3.05, 3.63) is 69.6 Å². The molecule has 1 aromatic heterocycles. The predicted octanol–water partition coefficient (Wildman–Crippen LogP) is 4.14. The number of hydrogen-bond donors (Lipinski definition) is 2. The van der Waals surface area contributed by atoms with E-state index in [0.29, 0.717) is 27.2 Å². The van der Waals surface area contributed by atoms with Crippen LogP contribution < -0.4 is 16.2 Å². The lowest BCUT2D eigenvalue weighted by Gasteiger charge is -2.12. The van der Waals surface area contributed by atoms with E-state index in [-0.39, 0.29) is 5.56 Å². The zero-order valence-electron chi connectivity index (χ0n) is 13.3. The summed E-state index contributed by atoms with van der Waals surface area (Å²) in [6.07, 6.45) is 1.60. The maximum atomic E-state index is 12.3. The monoisotopic (exact) mass is 341 g/mol. The van der Waals surface area contributed by atoms with Crippen LogP contribution in [0.25, 0.3) is 10.8 Å². The third-order valence-electron chi connectivity index (χ3n) is 3.71. The molecule has 0 spiro atoms. The summed E-state index contributed by atoms with van der Waals surface area (Å²) in [5, 5.41) is 7.19. The molecular weight excluding hydrogens is 326 g/mol. The number of carbonyl (C=O) groups is 1. The van der Waals surface area contributed by atoms with Crippen molar-refractivity contribution in [2.45, 2.75) is 6.92 Å². The fraction of sp³-hybridized carbons (Fsp3) is 0.111. The average Bonchev–Trinajstić information content (AvgIpc) is 2.55. The van der Waals surface area contributed by atoms with Gasteiger partial charge in [0, 0.05) is 24.0 Å². The third-order valence-corrected chi connectivity index (χ3v) is 4.02. The molecule has 0 fully saturated rings. The van der Waals surface area contributed by atoms with E-state index < -0.39 is 6.03 Å². The van der Waals surface area contributed by atoms with Gasteiger partial charge in [0.15, 0.2) is 0 Å². The SMILES string of the molecule is Cc1ccc(NC(=O)Nc2cn(C)c(=O)c3ccccc23)c(Cl)c1. The standard InChI is InChI=1S/C18H16ClN3O2/c1-11-7-8-15(14(19)9-11)20-18(24)21-16-10-22(2)17(23)13-6-4-3-5-12(13)16/h3-10H,1-2H3,(H2,20,21,24). The summed E-state index contributed by atoms with van der Waals surface area (Å²) < 4.78 is 1.44. The second kappa shape index (κ2) is 6.37. The summed E-state index contributed by atoms with van der Waals surface area (Å²) in [6.45, 7) is 1.92. The number of benzene rings is 2. The number of pyridine rings is 1. The molecule has 0 aliphatic carbocycles. The van der Waals surface area contributed by atoms with Crippen LogP contribution in [0, 0.1) is 6.92 Å². The number of nitrogens with zero attached hydrogens (tertiary/aromatic N) is 1. The summed E-state index contributed by atoms with van der Waals surface area (Å²) in [7, 11) is 1.65. The maximum Gasteiger partial charge on any atom is 0.323 e. The van der Waals surface area contributed by atoms with Crippen LogP contribution in [0.4, 0.5) is 16.2 Å². The first-order valence-corrected chi connectivity index (χ1v) is 7.76. The fourth-order valence-corrected chi connectivity index (χ4v) is 2.80. The molecule has 2 amide bonds. The number of fused-ring (bicyclic) bond motifs is 1. The summed E-state index contributed by atoms with van der Waals surface area (Å²) in [5.41, 5.74) is 1.97. The molecule has 3 rings (SSSR count). The van der Waals surface area contributed by atoms with E-state index in [1.807, 2.05) is 19.1 Å². The molecule has 0 atom stereocenters. The van der Waals surface area contributed by atoms with E-state index in [1.54, 1.807) is 43.6 Å². The molecule has 6 heteroatoms. The molecule has 0 bridgehead atoms. The van der Waals surface area contributed by atoms with Crippen LogP contribution in [0.3, 0.4) is 0 Å². The van der Waals surface area contributed by atoms with Crippen molar-refractivity contribution in [2.75, 3.05) is 10.6 Å². The van der Waals surface area contributed by atoms with Crippen molar-refractivity contribution in [2.24, 2.45) is 7.05 Å². The van der Waals surface area contributed by atoms with E-state index in [2.05, 4.69) is 10.6 Å². The second-order valence-corrected chi connectivity index (χ2v) is 5.97. The lowest BCUT2D eigenvalue weighted by atomic mass is 10.1. The number of carbonyl (C=O) groups excluding carboxylic acids is 1. The Labute approximate surface area is 143 Å². The van der Waals surface area contributed by atoms with Crippen LogP contribution >= 0.6 is 11.6 Å². The van der Waals surface area contributed by atoms with Gasteiger partial charge in [-0.25, -0.2) is 4.79 Å². The van der Waals surface area contributed by atoms with Gasteiger partial charge in [-0.1, -0.05) is 35.9 Å². The minimum absolute atomic E-state index is 0.113. The van der Waals surface area contributed by atoms with Gasteiger partial charge in [-0.05, 0) is 30.7 Å². The van der Waals surface area contributed by atoms with Crippen LogP contribution in [-0.2, 0) is 7.05 Å². The molecule has 2 N–H and O–H groups in total. The number of rotatable bonds is 2.